The van der Waals surface area contributed by atoms with Crippen molar-refractivity contribution < 1.29 is 4.79 Å². The minimum atomic E-state index is -0.199. The van der Waals surface area contributed by atoms with Crippen molar-refractivity contribution in [1.82, 2.24) is 15.4 Å². The first-order chi connectivity index (χ1) is 12.6. The molecule has 1 aromatic carbocycles. The Hall–Kier alpha value is -1.57. The van der Waals surface area contributed by atoms with E-state index in [1.54, 1.807) is 17.8 Å². The van der Waals surface area contributed by atoms with Crippen molar-refractivity contribution in [1.29, 1.82) is 0 Å². The smallest absolute Gasteiger partial charge is 0.250 e. The number of nitrogens with one attached hydrogen (secondary N) is 1. The van der Waals surface area contributed by atoms with Crippen molar-refractivity contribution in [3.8, 4) is 0 Å². The molecule has 0 saturated carbocycles. The third-order valence-electron chi connectivity index (χ3n) is 3.19. The third kappa shape index (κ3) is 7.35. The third-order valence-corrected chi connectivity index (χ3v) is 5.38. The van der Waals surface area contributed by atoms with E-state index in [1.807, 2.05) is 31.2 Å². The summed E-state index contributed by atoms with van der Waals surface area (Å²) in [5.41, 5.74) is 4.16. The highest BCUT2D eigenvalue weighted by atomic mass is 35.5. The highest BCUT2D eigenvalue weighted by Gasteiger charge is 2.07. The van der Waals surface area contributed by atoms with E-state index in [4.69, 9.17) is 11.6 Å². The summed E-state index contributed by atoms with van der Waals surface area (Å²) in [5.74, 6) is 1.03. The van der Waals surface area contributed by atoms with Crippen molar-refractivity contribution >= 4 is 47.2 Å². The number of rotatable bonds is 9. The molecule has 2 aromatic rings. The van der Waals surface area contributed by atoms with E-state index in [9.17, 15) is 4.79 Å². The average molecular weight is 409 g/mol. The number of unbranched alkanes of at least 4 members (excludes halogenated alkanes) is 1. The number of hydrazone groups is 1. The number of hydrogen-bond acceptors (Lipinski definition) is 6. The van der Waals surface area contributed by atoms with E-state index in [0.717, 1.165) is 40.0 Å². The van der Waals surface area contributed by atoms with Crippen molar-refractivity contribution in [3.63, 3.8) is 0 Å². The molecule has 8 heteroatoms. The van der Waals surface area contributed by atoms with Gasteiger partial charge in [0.15, 0.2) is 5.16 Å². The summed E-state index contributed by atoms with van der Waals surface area (Å²) < 4.78 is 0. The van der Waals surface area contributed by atoms with Crippen molar-refractivity contribution in [2.75, 3.05) is 11.5 Å². The summed E-state index contributed by atoms with van der Waals surface area (Å²) in [5, 5.41) is 6.08. The maximum Gasteiger partial charge on any atom is 0.250 e. The zero-order valence-corrected chi connectivity index (χ0v) is 17.1. The van der Waals surface area contributed by atoms with Crippen LogP contribution in [0, 0.1) is 6.92 Å². The van der Waals surface area contributed by atoms with Gasteiger partial charge in [0, 0.05) is 22.0 Å². The molecule has 0 saturated heterocycles. The quantitative estimate of drug-likeness (QED) is 0.164. The Kier molecular flexibility index (Phi) is 8.94. The highest BCUT2D eigenvalue weighted by molar-refractivity contribution is 8.00. The number of hydrogen-bond donors (Lipinski definition) is 1. The maximum absolute atomic E-state index is 11.9. The fourth-order valence-electron chi connectivity index (χ4n) is 1.89. The van der Waals surface area contributed by atoms with Crippen LogP contribution in [0.5, 0.6) is 0 Å². The Morgan fingerprint density at radius 2 is 2.12 bits per heavy atom. The largest absolute Gasteiger partial charge is 0.272 e. The van der Waals surface area contributed by atoms with Crippen LogP contribution < -0.4 is 5.43 Å². The second-order valence-electron chi connectivity index (χ2n) is 5.44. The Labute approximate surface area is 167 Å². The molecule has 0 radical (unpaired) electrons. The van der Waals surface area contributed by atoms with Crippen molar-refractivity contribution in [2.45, 2.75) is 36.9 Å². The Bertz CT molecular complexity index is 771. The minimum absolute atomic E-state index is 0.199. The Morgan fingerprint density at radius 1 is 1.31 bits per heavy atom. The number of amides is 1. The summed E-state index contributed by atoms with van der Waals surface area (Å²) in [6, 6.07) is 9.18. The Morgan fingerprint density at radius 3 is 2.88 bits per heavy atom. The zero-order chi connectivity index (χ0) is 18.8. The standard InChI is InChI=1S/C18H21ClN4OS2/c1-3-4-9-25-18-21-13(2)10-17(22-18)26-12-16(24)23-20-11-14-7-5-6-8-15(14)19/h5-8,10-11H,3-4,9,12H2,1-2H3,(H,23,24)/b20-11-. The number of carbonyl (C=O) groups excluding carboxylic acids is 1. The summed E-state index contributed by atoms with van der Waals surface area (Å²) in [4.78, 5) is 20.9. The van der Waals surface area contributed by atoms with Crippen LogP contribution in [0.3, 0.4) is 0 Å². The van der Waals surface area contributed by atoms with Gasteiger partial charge in [0.25, 0.3) is 0 Å². The molecule has 0 bridgehead atoms. The van der Waals surface area contributed by atoms with E-state index < -0.39 is 0 Å². The molecule has 0 aliphatic carbocycles. The number of halogens is 1. The lowest BCUT2D eigenvalue weighted by atomic mass is 10.2. The first kappa shape index (κ1) is 20.7. The maximum atomic E-state index is 11.9. The van der Waals surface area contributed by atoms with Gasteiger partial charge in [0.2, 0.25) is 5.91 Å². The van der Waals surface area contributed by atoms with Crippen LogP contribution >= 0.6 is 35.1 Å². The van der Waals surface area contributed by atoms with Gasteiger partial charge in [-0.1, -0.05) is 66.7 Å². The fraction of sp³-hybridized carbons (Fsp3) is 0.333. The first-order valence-corrected chi connectivity index (χ1v) is 10.6. The number of carbonyl (C=O) groups is 1. The molecular formula is C18H21ClN4OS2. The molecule has 1 N–H and O–H groups in total. The molecular weight excluding hydrogens is 388 g/mol. The van der Waals surface area contributed by atoms with Crippen LogP contribution in [0.4, 0.5) is 0 Å². The van der Waals surface area contributed by atoms with E-state index in [0.29, 0.717) is 5.02 Å². The first-order valence-electron chi connectivity index (χ1n) is 8.26. The van der Waals surface area contributed by atoms with Gasteiger partial charge in [-0.3, -0.25) is 4.79 Å². The van der Waals surface area contributed by atoms with Gasteiger partial charge in [-0.15, -0.1) is 0 Å². The molecule has 1 heterocycles. The van der Waals surface area contributed by atoms with Gasteiger partial charge < -0.3 is 0 Å². The molecule has 5 nitrogen and oxygen atoms in total. The molecule has 0 aliphatic rings. The average Bonchev–Trinajstić information content (AvgIpc) is 2.61. The second kappa shape index (κ2) is 11.2. The van der Waals surface area contributed by atoms with Crippen LogP contribution in [0.1, 0.15) is 31.0 Å². The van der Waals surface area contributed by atoms with Crippen LogP contribution in [-0.2, 0) is 4.79 Å². The van der Waals surface area contributed by atoms with E-state index in [1.165, 1.54) is 18.0 Å². The van der Waals surface area contributed by atoms with Crippen molar-refractivity contribution in [2.24, 2.45) is 5.10 Å². The van der Waals surface area contributed by atoms with Crippen LogP contribution in [0.2, 0.25) is 5.02 Å². The number of nitrogens with zero attached hydrogens (tertiary/aromatic N) is 3. The van der Waals surface area contributed by atoms with Gasteiger partial charge in [-0.2, -0.15) is 5.10 Å². The zero-order valence-electron chi connectivity index (χ0n) is 14.7. The lowest BCUT2D eigenvalue weighted by Gasteiger charge is -2.05. The summed E-state index contributed by atoms with van der Waals surface area (Å²) in [6.07, 6.45) is 3.81. The normalized spacial score (nSPS) is 11.0. The van der Waals surface area contributed by atoms with Gasteiger partial charge >= 0.3 is 0 Å². The molecule has 0 spiro atoms. The van der Waals surface area contributed by atoms with Crippen LogP contribution in [0.25, 0.3) is 0 Å². The summed E-state index contributed by atoms with van der Waals surface area (Å²) >= 11 is 9.05. The van der Waals surface area contributed by atoms with Crippen molar-refractivity contribution in [3.05, 3.63) is 46.6 Å². The molecule has 0 aliphatic heterocycles. The lowest BCUT2D eigenvalue weighted by Crippen LogP contribution is -2.19. The summed E-state index contributed by atoms with van der Waals surface area (Å²) in [6.45, 7) is 4.09. The molecule has 2 rings (SSSR count). The Balaban J connectivity index is 1.84. The molecule has 0 unspecified atom stereocenters. The molecule has 26 heavy (non-hydrogen) atoms. The van der Waals surface area contributed by atoms with E-state index in [-0.39, 0.29) is 11.7 Å². The monoisotopic (exact) mass is 408 g/mol. The number of benzene rings is 1. The number of thioether (sulfide) groups is 2. The molecule has 0 fully saturated rings. The van der Waals surface area contributed by atoms with Gasteiger partial charge in [-0.05, 0) is 25.5 Å². The predicted molar refractivity (Wildman–Crippen MR) is 110 cm³/mol. The van der Waals surface area contributed by atoms with Gasteiger partial charge in [-0.25, -0.2) is 15.4 Å². The van der Waals surface area contributed by atoms with Gasteiger partial charge in [0.05, 0.1) is 12.0 Å². The van der Waals surface area contributed by atoms with E-state index in [2.05, 4.69) is 27.4 Å². The number of aryl methyl sites for hydroxylation is 1. The molecule has 1 aromatic heterocycles. The second-order valence-corrected chi connectivity index (χ2v) is 7.90. The van der Waals surface area contributed by atoms with E-state index >= 15 is 0 Å². The fourth-order valence-corrected chi connectivity index (χ4v) is 3.86. The van der Waals surface area contributed by atoms with Gasteiger partial charge in [0.1, 0.15) is 5.03 Å². The minimum Gasteiger partial charge on any atom is -0.272 e. The van der Waals surface area contributed by atoms with Crippen LogP contribution in [-0.4, -0.2) is 33.6 Å². The molecule has 1 amide bonds. The molecule has 0 atom stereocenters. The lowest BCUT2D eigenvalue weighted by molar-refractivity contribution is -0.118. The highest BCUT2D eigenvalue weighted by Crippen LogP contribution is 2.21. The number of aromatic nitrogens is 2. The summed E-state index contributed by atoms with van der Waals surface area (Å²) in [7, 11) is 0. The molecule has 138 valence electrons. The SMILES string of the molecule is CCCCSc1nc(C)cc(SCC(=O)N/N=C\c2ccccc2Cl)n1. The predicted octanol–water partition coefficient (Wildman–Crippen LogP) is 4.57. The van der Waals surface area contributed by atoms with Crippen LogP contribution in [0.15, 0.2) is 45.6 Å². The topological polar surface area (TPSA) is 67.2 Å².